The smallest absolute Gasteiger partial charge is 0.264 e. The van der Waals surface area contributed by atoms with Crippen LogP contribution in [0.5, 0.6) is 5.75 Å². The molecule has 0 aliphatic heterocycles. The molecule has 1 aliphatic rings. The first-order chi connectivity index (χ1) is 11.5. The normalized spacial score (nSPS) is 14.5. The number of hydrazine groups is 1. The fraction of sp³-hybridized carbons (Fsp3) is 0.471. The largest absolute Gasteiger partial charge is 0.484 e. The zero-order chi connectivity index (χ0) is 17.4. The van der Waals surface area contributed by atoms with Gasteiger partial charge in [0.1, 0.15) is 5.75 Å². The van der Waals surface area contributed by atoms with Crippen molar-refractivity contribution in [2.45, 2.75) is 39.0 Å². The van der Waals surface area contributed by atoms with Crippen LogP contribution in [0.15, 0.2) is 24.3 Å². The van der Waals surface area contributed by atoms with Gasteiger partial charge in [-0.3, -0.25) is 25.8 Å². The van der Waals surface area contributed by atoms with Gasteiger partial charge in [0, 0.05) is 5.92 Å². The summed E-state index contributed by atoms with van der Waals surface area (Å²) in [7, 11) is 0. The molecule has 0 radical (unpaired) electrons. The van der Waals surface area contributed by atoms with E-state index in [-0.39, 0.29) is 29.5 Å². The molecule has 0 aromatic heterocycles. The van der Waals surface area contributed by atoms with Crippen molar-refractivity contribution in [2.75, 3.05) is 6.61 Å². The lowest BCUT2D eigenvalue weighted by molar-refractivity contribution is -0.126. The SMILES string of the molecule is Cc1ccc(OCC(=O)NC(=S)NNC(=O)C2CCCCC2)cc1. The highest BCUT2D eigenvalue weighted by molar-refractivity contribution is 7.80. The lowest BCUT2D eigenvalue weighted by Gasteiger charge is -2.21. The molecule has 2 rings (SSSR count). The average Bonchev–Trinajstić information content (AvgIpc) is 2.60. The molecule has 0 saturated heterocycles. The Labute approximate surface area is 147 Å². The molecule has 3 N–H and O–H groups in total. The molecule has 7 heteroatoms. The minimum atomic E-state index is -0.389. The van der Waals surface area contributed by atoms with Crippen LogP contribution in [0.3, 0.4) is 0 Å². The van der Waals surface area contributed by atoms with Gasteiger partial charge in [0.2, 0.25) is 5.91 Å². The van der Waals surface area contributed by atoms with E-state index in [2.05, 4.69) is 16.2 Å². The van der Waals surface area contributed by atoms with Crippen molar-refractivity contribution in [1.82, 2.24) is 16.2 Å². The summed E-state index contributed by atoms with van der Waals surface area (Å²) < 4.78 is 5.36. The molecule has 0 bridgehead atoms. The number of ether oxygens (including phenoxy) is 1. The van der Waals surface area contributed by atoms with Crippen molar-refractivity contribution in [3.8, 4) is 5.75 Å². The predicted molar refractivity (Wildman–Crippen MR) is 95.3 cm³/mol. The van der Waals surface area contributed by atoms with Crippen LogP contribution < -0.4 is 20.9 Å². The number of amides is 2. The third kappa shape index (κ3) is 6.16. The summed E-state index contributed by atoms with van der Waals surface area (Å²) in [6, 6.07) is 7.40. The van der Waals surface area contributed by atoms with Crippen molar-refractivity contribution in [3.05, 3.63) is 29.8 Å². The third-order valence-corrected chi connectivity index (χ3v) is 4.12. The second kappa shape index (κ2) is 9.22. The maximum Gasteiger partial charge on any atom is 0.264 e. The van der Waals surface area contributed by atoms with Crippen LogP contribution in [-0.4, -0.2) is 23.5 Å². The van der Waals surface area contributed by atoms with Crippen molar-refractivity contribution in [3.63, 3.8) is 0 Å². The zero-order valence-corrected chi connectivity index (χ0v) is 14.6. The van der Waals surface area contributed by atoms with Crippen LogP contribution in [-0.2, 0) is 9.59 Å². The van der Waals surface area contributed by atoms with Gasteiger partial charge in [-0.2, -0.15) is 0 Å². The van der Waals surface area contributed by atoms with Crippen LogP contribution in [0.25, 0.3) is 0 Å². The van der Waals surface area contributed by atoms with Gasteiger partial charge in [-0.05, 0) is 44.1 Å². The van der Waals surface area contributed by atoms with Gasteiger partial charge in [0.15, 0.2) is 11.7 Å². The minimum Gasteiger partial charge on any atom is -0.484 e. The molecule has 24 heavy (non-hydrogen) atoms. The quantitative estimate of drug-likeness (QED) is 0.572. The Morgan fingerprint density at radius 2 is 1.79 bits per heavy atom. The van der Waals surface area contributed by atoms with Crippen LogP contribution in [0.2, 0.25) is 0 Å². The number of carbonyl (C=O) groups is 2. The van der Waals surface area contributed by atoms with Gasteiger partial charge < -0.3 is 4.74 Å². The summed E-state index contributed by atoms with van der Waals surface area (Å²) in [6.45, 7) is 1.82. The molecular formula is C17H23N3O3S. The highest BCUT2D eigenvalue weighted by Gasteiger charge is 2.21. The lowest BCUT2D eigenvalue weighted by Crippen LogP contribution is -2.51. The molecule has 0 atom stereocenters. The molecule has 0 unspecified atom stereocenters. The molecule has 1 fully saturated rings. The highest BCUT2D eigenvalue weighted by atomic mass is 32.1. The number of hydrogen-bond acceptors (Lipinski definition) is 4. The van der Waals surface area contributed by atoms with Gasteiger partial charge in [0.25, 0.3) is 5.91 Å². The maximum absolute atomic E-state index is 12.0. The number of hydrogen-bond donors (Lipinski definition) is 3. The number of carbonyl (C=O) groups excluding carboxylic acids is 2. The first-order valence-corrected chi connectivity index (χ1v) is 8.54. The summed E-state index contributed by atoms with van der Waals surface area (Å²) >= 11 is 4.98. The second-order valence-electron chi connectivity index (χ2n) is 5.93. The third-order valence-electron chi connectivity index (χ3n) is 3.92. The predicted octanol–water partition coefficient (Wildman–Crippen LogP) is 1.98. The van der Waals surface area contributed by atoms with E-state index >= 15 is 0 Å². The van der Waals surface area contributed by atoms with Gasteiger partial charge in [-0.15, -0.1) is 0 Å². The fourth-order valence-corrected chi connectivity index (χ4v) is 2.73. The summed E-state index contributed by atoms with van der Waals surface area (Å²) in [5.41, 5.74) is 6.23. The van der Waals surface area contributed by atoms with Crippen LogP contribution in [0, 0.1) is 12.8 Å². The Morgan fingerprint density at radius 3 is 2.46 bits per heavy atom. The van der Waals surface area contributed by atoms with E-state index in [1.165, 1.54) is 6.42 Å². The molecule has 1 aliphatic carbocycles. The topological polar surface area (TPSA) is 79.5 Å². The molecule has 1 saturated carbocycles. The van der Waals surface area contributed by atoms with Gasteiger partial charge >= 0.3 is 0 Å². The molecule has 130 valence electrons. The van der Waals surface area contributed by atoms with Crippen LogP contribution in [0.4, 0.5) is 0 Å². The Morgan fingerprint density at radius 1 is 1.12 bits per heavy atom. The van der Waals surface area contributed by atoms with E-state index in [0.29, 0.717) is 5.75 Å². The van der Waals surface area contributed by atoms with E-state index in [9.17, 15) is 9.59 Å². The number of nitrogens with one attached hydrogen (secondary N) is 3. The number of rotatable bonds is 4. The van der Waals surface area contributed by atoms with Crippen molar-refractivity contribution < 1.29 is 14.3 Å². The lowest BCUT2D eigenvalue weighted by atomic mass is 9.89. The average molecular weight is 349 g/mol. The number of aryl methyl sites for hydroxylation is 1. The van der Waals surface area contributed by atoms with E-state index in [0.717, 1.165) is 31.2 Å². The van der Waals surface area contributed by atoms with Crippen LogP contribution in [0.1, 0.15) is 37.7 Å². The van der Waals surface area contributed by atoms with Gasteiger partial charge in [-0.25, -0.2) is 0 Å². The molecule has 6 nitrogen and oxygen atoms in total. The van der Waals surface area contributed by atoms with E-state index in [1.54, 1.807) is 12.1 Å². The first-order valence-electron chi connectivity index (χ1n) is 8.14. The molecular weight excluding hydrogens is 326 g/mol. The Balaban J connectivity index is 1.64. The highest BCUT2D eigenvalue weighted by Crippen LogP contribution is 2.23. The monoisotopic (exact) mass is 349 g/mol. The van der Waals surface area contributed by atoms with Gasteiger partial charge in [0.05, 0.1) is 0 Å². The Hall–Kier alpha value is -2.15. The summed E-state index contributed by atoms with van der Waals surface area (Å²) in [6.07, 6.45) is 5.14. The Bertz CT molecular complexity index is 583. The summed E-state index contributed by atoms with van der Waals surface area (Å²) in [4.78, 5) is 23.7. The molecule has 0 heterocycles. The Kier molecular flexibility index (Phi) is 6.99. The number of benzene rings is 1. The molecule has 0 spiro atoms. The maximum atomic E-state index is 12.0. The van der Waals surface area contributed by atoms with Crippen LogP contribution >= 0.6 is 12.2 Å². The van der Waals surface area contributed by atoms with E-state index in [1.807, 2.05) is 19.1 Å². The van der Waals surface area contributed by atoms with Gasteiger partial charge in [-0.1, -0.05) is 37.0 Å². The van der Waals surface area contributed by atoms with Crippen molar-refractivity contribution >= 4 is 29.1 Å². The molecule has 1 aromatic carbocycles. The van der Waals surface area contributed by atoms with Crippen molar-refractivity contribution in [1.29, 1.82) is 0 Å². The zero-order valence-electron chi connectivity index (χ0n) is 13.8. The van der Waals surface area contributed by atoms with E-state index < -0.39 is 0 Å². The number of thiocarbonyl (C=S) groups is 1. The summed E-state index contributed by atoms with van der Waals surface area (Å²) in [5, 5.41) is 2.51. The fourth-order valence-electron chi connectivity index (χ4n) is 2.56. The first kappa shape index (κ1) is 18.2. The molecule has 1 aromatic rings. The van der Waals surface area contributed by atoms with E-state index in [4.69, 9.17) is 17.0 Å². The minimum absolute atomic E-state index is 0.0228. The molecule has 2 amide bonds. The summed E-state index contributed by atoms with van der Waals surface area (Å²) in [5.74, 6) is 0.164. The second-order valence-corrected chi connectivity index (χ2v) is 6.34. The standard InChI is InChI=1S/C17H23N3O3S/c1-12-7-9-14(10-8-12)23-11-15(21)18-17(24)20-19-16(22)13-5-3-2-4-6-13/h7-10,13H,2-6,11H2,1H3,(H,19,22)(H2,18,20,21,24). The van der Waals surface area contributed by atoms with Crippen molar-refractivity contribution in [2.24, 2.45) is 5.92 Å².